The van der Waals surface area contributed by atoms with Gasteiger partial charge in [0, 0.05) is 21.4 Å². The Bertz CT molecular complexity index is 1470. The van der Waals surface area contributed by atoms with Crippen molar-refractivity contribution in [1.82, 2.24) is 5.32 Å². The molecule has 0 spiro atoms. The third-order valence-corrected chi connectivity index (χ3v) is 7.73. The van der Waals surface area contributed by atoms with E-state index in [1.54, 1.807) is 12.1 Å². The first-order chi connectivity index (χ1) is 17.9. The second-order valence-electron chi connectivity index (χ2n) is 8.53. The minimum absolute atomic E-state index is 0. The number of nitrogens with one attached hydrogen (secondary N) is 2. The summed E-state index contributed by atoms with van der Waals surface area (Å²) in [6, 6.07) is 16.8. The van der Waals surface area contributed by atoms with Crippen molar-refractivity contribution in [2.45, 2.75) is 50.3 Å². The van der Waals surface area contributed by atoms with E-state index in [9.17, 15) is 13.2 Å². The molecule has 1 aliphatic heterocycles. The van der Waals surface area contributed by atoms with E-state index in [0.717, 1.165) is 22.3 Å². The van der Waals surface area contributed by atoms with Crippen molar-refractivity contribution in [3.63, 3.8) is 0 Å². The molecule has 2 N–H and O–H groups in total. The fraction of sp³-hybridized carbons (Fsp3) is 0.276. The Hall–Kier alpha value is -3.96. The standard InChI is InChI=1S/C27H24N2O5S.C2H6.2H2/c1-18(21-8-13-25-26(15-21)34-17-33-25)28-27(30)29-23-9-11-24(12-10-23)35(31,32)16-19-6-7-20-4-2-3-5-22(20)14-19;1-2;;/h6-15,18H,4-5,16-17H2,1H3,(H2,28,29,30);1-2H3;2*1H. The number of anilines is 1. The zero-order valence-corrected chi connectivity index (χ0v) is 21.9. The van der Waals surface area contributed by atoms with Crippen LogP contribution >= 0.6 is 0 Å². The van der Waals surface area contributed by atoms with Crippen molar-refractivity contribution in [1.29, 1.82) is 0 Å². The Morgan fingerprint density at radius 3 is 2.41 bits per heavy atom. The molecule has 3 aromatic carbocycles. The minimum atomic E-state index is -3.53. The van der Waals surface area contributed by atoms with Crippen LogP contribution in [0.15, 0.2) is 65.6 Å². The van der Waals surface area contributed by atoms with E-state index in [-0.39, 0.29) is 26.3 Å². The summed E-state index contributed by atoms with van der Waals surface area (Å²) in [4.78, 5) is 12.7. The normalized spacial score (nSPS) is 13.7. The number of benzene rings is 3. The first-order valence-electron chi connectivity index (χ1n) is 12.2. The first kappa shape index (κ1) is 26.1. The molecule has 0 aromatic heterocycles. The van der Waals surface area contributed by atoms with Crippen molar-refractivity contribution in [2.24, 2.45) is 0 Å². The smallest absolute Gasteiger partial charge is 0.319 e. The fourth-order valence-corrected chi connectivity index (χ4v) is 5.44. The highest BCUT2D eigenvalue weighted by Crippen LogP contribution is 2.34. The fourth-order valence-electron chi connectivity index (χ4n) is 4.10. The second kappa shape index (κ2) is 11.4. The Morgan fingerprint density at radius 2 is 1.65 bits per heavy atom. The van der Waals surface area contributed by atoms with Gasteiger partial charge in [0.05, 0.1) is 16.7 Å². The lowest BCUT2D eigenvalue weighted by molar-refractivity contribution is 0.174. The molecule has 1 unspecified atom stereocenters. The molecular formula is C29H34N2O5S. The first-order valence-corrected chi connectivity index (χ1v) is 13.9. The highest BCUT2D eigenvalue weighted by atomic mass is 32.2. The molecule has 1 atom stereocenters. The van der Waals surface area contributed by atoms with E-state index < -0.39 is 15.9 Å². The summed E-state index contributed by atoms with van der Waals surface area (Å²) < 4.78 is 36.6. The molecule has 1 aliphatic carbocycles. The summed E-state index contributed by atoms with van der Waals surface area (Å²) in [5, 5.41) is 5.61. The van der Waals surface area contributed by atoms with Crippen molar-refractivity contribution in [3.05, 3.63) is 82.9 Å². The van der Waals surface area contributed by atoms with Gasteiger partial charge in [-0.25, -0.2) is 13.2 Å². The van der Waals surface area contributed by atoms with Crippen LogP contribution in [-0.2, 0) is 28.4 Å². The van der Waals surface area contributed by atoms with E-state index in [1.807, 2.05) is 57.2 Å². The topological polar surface area (TPSA) is 93.7 Å². The van der Waals surface area contributed by atoms with Crippen LogP contribution in [0.25, 0.3) is 0 Å². The van der Waals surface area contributed by atoms with Crippen molar-refractivity contribution in [3.8, 4) is 23.3 Å². The lowest BCUT2D eigenvalue weighted by Crippen LogP contribution is -2.31. The maximum atomic E-state index is 12.9. The second-order valence-corrected chi connectivity index (χ2v) is 10.5. The molecule has 3 aromatic rings. The summed E-state index contributed by atoms with van der Waals surface area (Å²) in [5.41, 5.74) is 4.36. The number of hydrogen-bond acceptors (Lipinski definition) is 5. The molecule has 7 nitrogen and oxygen atoms in total. The molecule has 0 saturated carbocycles. The predicted octanol–water partition coefficient (Wildman–Crippen LogP) is 5.89. The number of sulfone groups is 1. The summed E-state index contributed by atoms with van der Waals surface area (Å²) in [6.45, 7) is 6.05. The number of hydrogen-bond donors (Lipinski definition) is 2. The summed E-state index contributed by atoms with van der Waals surface area (Å²) in [7, 11) is -3.53. The van der Waals surface area contributed by atoms with Gasteiger partial charge in [-0.05, 0) is 65.6 Å². The van der Waals surface area contributed by atoms with Crippen molar-refractivity contribution in [2.75, 3.05) is 12.1 Å². The number of rotatable bonds is 6. The number of ether oxygens (including phenoxy) is 2. The van der Waals surface area contributed by atoms with Gasteiger partial charge in [-0.2, -0.15) is 0 Å². The monoisotopic (exact) mass is 522 g/mol. The number of fused-ring (bicyclic) bond motifs is 2. The number of amides is 2. The molecule has 2 amide bonds. The van der Waals surface area contributed by atoms with E-state index >= 15 is 0 Å². The minimum Gasteiger partial charge on any atom is -0.454 e. The van der Waals surface area contributed by atoms with E-state index in [2.05, 4.69) is 22.5 Å². The summed E-state index contributed by atoms with van der Waals surface area (Å²) >= 11 is 0. The van der Waals surface area contributed by atoms with Gasteiger partial charge < -0.3 is 20.1 Å². The largest absolute Gasteiger partial charge is 0.454 e. The Labute approximate surface area is 221 Å². The SMILES string of the molecule is CC.CC(NC(=O)Nc1ccc(S(=O)(=O)Cc2ccc3c(c2)CC#CC3)cc1)c1ccc2c(c1)OCO2.[HH].[HH]. The lowest BCUT2D eigenvalue weighted by atomic mass is 9.97. The van der Waals surface area contributed by atoms with E-state index in [1.165, 1.54) is 12.1 Å². The average molecular weight is 523 g/mol. The number of carbonyl (C=O) groups excluding carboxylic acids is 1. The van der Waals surface area contributed by atoms with Crippen LogP contribution in [0.2, 0.25) is 0 Å². The van der Waals surface area contributed by atoms with Gasteiger partial charge in [0.25, 0.3) is 0 Å². The highest BCUT2D eigenvalue weighted by Gasteiger charge is 2.19. The zero-order valence-electron chi connectivity index (χ0n) is 21.1. The zero-order chi connectivity index (χ0) is 26.4. The van der Waals surface area contributed by atoms with Crippen LogP contribution in [0, 0.1) is 11.8 Å². The molecule has 8 heteroatoms. The molecule has 0 bridgehead atoms. The third kappa shape index (κ3) is 6.25. The van der Waals surface area contributed by atoms with Gasteiger partial charge in [0.15, 0.2) is 21.3 Å². The van der Waals surface area contributed by atoms with Crippen molar-refractivity contribution < 1.29 is 25.5 Å². The van der Waals surface area contributed by atoms with Crippen LogP contribution in [-0.4, -0.2) is 21.2 Å². The average Bonchev–Trinajstić information content (AvgIpc) is 3.38. The molecule has 2 aliphatic rings. The molecule has 196 valence electrons. The maximum Gasteiger partial charge on any atom is 0.319 e. The lowest BCUT2D eigenvalue weighted by Gasteiger charge is -2.16. The van der Waals surface area contributed by atoms with Gasteiger partial charge in [0.2, 0.25) is 6.79 Å². The summed E-state index contributed by atoms with van der Waals surface area (Å²) in [5.74, 6) is 7.38. The van der Waals surface area contributed by atoms with Crippen LogP contribution in [0.4, 0.5) is 10.5 Å². The van der Waals surface area contributed by atoms with Gasteiger partial charge >= 0.3 is 6.03 Å². The number of urea groups is 1. The van der Waals surface area contributed by atoms with Crippen molar-refractivity contribution >= 4 is 21.6 Å². The molecular weight excluding hydrogens is 488 g/mol. The van der Waals surface area contributed by atoms with Crippen LogP contribution in [0.1, 0.15) is 51.9 Å². The van der Waals surface area contributed by atoms with E-state index in [4.69, 9.17) is 9.47 Å². The maximum absolute atomic E-state index is 12.9. The number of carbonyl (C=O) groups is 1. The molecule has 0 fully saturated rings. The quantitative estimate of drug-likeness (QED) is 0.394. The highest BCUT2D eigenvalue weighted by molar-refractivity contribution is 7.90. The van der Waals surface area contributed by atoms with E-state index in [0.29, 0.717) is 30.0 Å². The third-order valence-electron chi connectivity index (χ3n) is 6.03. The van der Waals surface area contributed by atoms with Crippen LogP contribution in [0.5, 0.6) is 11.5 Å². The molecule has 37 heavy (non-hydrogen) atoms. The molecule has 5 rings (SSSR count). The van der Waals surface area contributed by atoms with Gasteiger partial charge in [0.1, 0.15) is 0 Å². The van der Waals surface area contributed by atoms with Crippen LogP contribution in [0.3, 0.4) is 0 Å². The molecule has 1 heterocycles. The van der Waals surface area contributed by atoms with Gasteiger partial charge in [-0.1, -0.05) is 50.0 Å². The molecule has 0 saturated heterocycles. The Morgan fingerprint density at radius 1 is 0.946 bits per heavy atom. The molecule has 0 radical (unpaired) electrons. The van der Waals surface area contributed by atoms with Gasteiger partial charge in [-0.15, -0.1) is 0 Å². The summed E-state index contributed by atoms with van der Waals surface area (Å²) in [6.07, 6.45) is 1.36. The predicted molar refractivity (Wildman–Crippen MR) is 148 cm³/mol. The van der Waals surface area contributed by atoms with Gasteiger partial charge in [-0.3, -0.25) is 0 Å². The Kier molecular flexibility index (Phi) is 8.04. The van der Waals surface area contributed by atoms with Crippen LogP contribution < -0.4 is 20.1 Å². The Balaban J connectivity index is 0.00000130.